The van der Waals surface area contributed by atoms with Crippen molar-refractivity contribution in [1.29, 1.82) is 0 Å². The summed E-state index contributed by atoms with van der Waals surface area (Å²) in [6.45, 7) is 8.55. The average molecular weight is 397 g/mol. The third-order valence-electron chi connectivity index (χ3n) is 4.61. The third-order valence-corrected chi connectivity index (χ3v) is 6.66. The number of hydrogen-bond donors (Lipinski definition) is 2. The van der Waals surface area contributed by atoms with Gasteiger partial charge in [0.25, 0.3) is 0 Å². The van der Waals surface area contributed by atoms with Crippen molar-refractivity contribution in [3.63, 3.8) is 0 Å². The van der Waals surface area contributed by atoms with Gasteiger partial charge in [0, 0.05) is 32.8 Å². The molecule has 1 unspecified atom stereocenters. The Hall–Kier alpha value is -1.64. The van der Waals surface area contributed by atoms with Crippen molar-refractivity contribution in [2.24, 2.45) is 4.99 Å². The maximum absolute atomic E-state index is 12.5. The molecule has 0 aromatic heterocycles. The van der Waals surface area contributed by atoms with E-state index in [0.29, 0.717) is 11.4 Å². The first-order valence-corrected chi connectivity index (χ1v) is 11.0. The van der Waals surface area contributed by atoms with Crippen LogP contribution in [0.4, 0.5) is 0 Å². The first-order chi connectivity index (χ1) is 12.8. The van der Waals surface area contributed by atoms with Gasteiger partial charge in [0.15, 0.2) is 5.96 Å². The maximum Gasteiger partial charge on any atom is 0.243 e. The van der Waals surface area contributed by atoms with E-state index in [2.05, 4.69) is 15.6 Å². The zero-order chi connectivity index (χ0) is 19.9. The lowest BCUT2D eigenvalue weighted by atomic mass is 10.2. The molecule has 27 heavy (non-hydrogen) atoms. The molecule has 1 aromatic carbocycles. The SMILES string of the molecule is CCNC(=NCc1ccc(S(=O)(=O)N(C)C(C)C)cc1)NCC1CCCO1. The summed E-state index contributed by atoms with van der Waals surface area (Å²) in [7, 11) is -1.86. The quantitative estimate of drug-likeness (QED) is 0.518. The van der Waals surface area contributed by atoms with Gasteiger partial charge in [-0.1, -0.05) is 12.1 Å². The van der Waals surface area contributed by atoms with Crippen molar-refractivity contribution in [3.05, 3.63) is 29.8 Å². The molecule has 0 spiro atoms. The summed E-state index contributed by atoms with van der Waals surface area (Å²) >= 11 is 0. The molecule has 2 N–H and O–H groups in total. The van der Waals surface area contributed by atoms with Crippen LogP contribution in [-0.2, 0) is 21.3 Å². The molecular formula is C19H32N4O3S. The maximum atomic E-state index is 12.5. The van der Waals surface area contributed by atoms with Gasteiger partial charge in [0.05, 0.1) is 17.5 Å². The number of benzene rings is 1. The van der Waals surface area contributed by atoms with Gasteiger partial charge in [0.2, 0.25) is 10.0 Å². The average Bonchev–Trinajstić information content (AvgIpc) is 3.17. The van der Waals surface area contributed by atoms with Crippen molar-refractivity contribution in [1.82, 2.24) is 14.9 Å². The highest BCUT2D eigenvalue weighted by atomic mass is 32.2. The van der Waals surface area contributed by atoms with E-state index >= 15 is 0 Å². The number of guanidine groups is 1. The van der Waals surface area contributed by atoms with Gasteiger partial charge in [-0.15, -0.1) is 0 Å². The van der Waals surface area contributed by atoms with E-state index in [1.54, 1.807) is 19.2 Å². The Morgan fingerprint density at radius 1 is 1.30 bits per heavy atom. The number of aliphatic imine (C=N–C) groups is 1. The van der Waals surface area contributed by atoms with Gasteiger partial charge in [-0.3, -0.25) is 0 Å². The van der Waals surface area contributed by atoms with Crippen LogP contribution < -0.4 is 10.6 Å². The molecular weight excluding hydrogens is 364 g/mol. The minimum absolute atomic E-state index is 0.0862. The fraction of sp³-hybridized carbons (Fsp3) is 0.632. The van der Waals surface area contributed by atoms with Gasteiger partial charge in [-0.2, -0.15) is 4.31 Å². The number of ether oxygens (including phenoxy) is 1. The molecule has 8 heteroatoms. The molecule has 7 nitrogen and oxygen atoms in total. The van der Waals surface area contributed by atoms with Crippen molar-refractivity contribution in [2.75, 3.05) is 26.7 Å². The zero-order valence-corrected chi connectivity index (χ0v) is 17.6. The number of nitrogens with zero attached hydrogens (tertiary/aromatic N) is 2. The molecule has 1 fully saturated rings. The third kappa shape index (κ3) is 6.19. The summed E-state index contributed by atoms with van der Waals surface area (Å²) in [5, 5.41) is 6.53. The fourth-order valence-corrected chi connectivity index (χ4v) is 4.11. The normalized spacial score (nSPS) is 18.3. The number of nitrogens with one attached hydrogen (secondary N) is 2. The molecule has 152 valence electrons. The summed E-state index contributed by atoms with van der Waals surface area (Å²) in [6, 6.07) is 6.83. The summed E-state index contributed by atoms with van der Waals surface area (Å²) in [5.41, 5.74) is 0.954. The predicted octanol–water partition coefficient (Wildman–Crippen LogP) is 1.95. The van der Waals surface area contributed by atoms with E-state index in [0.717, 1.165) is 44.1 Å². The lowest BCUT2D eigenvalue weighted by Gasteiger charge is -2.21. The number of rotatable bonds is 8. The largest absolute Gasteiger partial charge is 0.376 e. The Bertz CT molecular complexity index is 711. The van der Waals surface area contributed by atoms with E-state index in [4.69, 9.17) is 4.74 Å². The topological polar surface area (TPSA) is 83.0 Å². The van der Waals surface area contributed by atoms with Crippen LogP contribution in [-0.4, -0.2) is 57.6 Å². The van der Waals surface area contributed by atoms with Gasteiger partial charge < -0.3 is 15.4 Å². The van der Waals surface area contributed by atoms with E-state index in [-0.39, 0.29) is 12.1 Å². The second-order valence-electron chi connectivity index (χ2n) is 6.97. The van der Waals surface area contributed by atoms with Crippen molar-refractivity contribution >= 4 is 16.0 Å². The Kier molecular flexibility index (Phi) is 8.07. The number of hydrogen-bond acceptors (Lipinski definition) is 4. The Morgan fingerprint density at radius 3 is 2.56 bits per heavy atom. The van der Waals surface area contributed by atoms with Gasteiger partial charge >= 0.3 is 0 Å². The minimum atomic E-state index is -3.45. The fourth-order valence-electron chi connectivity index (χ4n) is 2.74. The van der Waals surface area contributed by atoms with Crippen LogP contribution in [0.2, 0.25) is 0 Å². The molecule has 1 aliphatic heterocycles. The van der Waals surface area contributed by atoms with Gasteiger partial charge in [0.1, 0.15) is 0 Å². The zero-order valence-electron chi connectivity index (χ0n) is 16.7. The molecule has 0 saturated carbocycles. The summed E-state index contributed by atoms with van der Waals surface area (Å²) < 4.78 is 32.0. The number of sulfonamides is 1. The first-order valence-electron chi connectivity index (χ1n) is 9.55. The van der Waals surface area contributed by atoms with Crippen molar-refractivity contribution < 1.29 is 13.2 Å². The lowest BCUT2D eigenvalue weighted by Crippen LogP contribution is -2.41. The Balaban J connectivity index is 1.99. The van der Waals surface area contributed by atoms with Crippen LogP contribution in [0.1, 0.15) is 39.2 Å². The molecule has 0 radical (unpaired) electrons. The van der Waals surface area contributed by atoms with E-state index in [9.17, 15) is 8.42 Å². The molecule has 0 aliphatic carbocycles. The highest BCUT2D eigenvalue weighted by Gasteiger charge is 2.22. The molecule has 1 heterocycles. The van der Waals surface area contributed by atoms with Crippen LogP contribution in [0.3, 0.4) is 0 Å². The Labute approximate surface area is 163 Å². The molecule has 0 bridgehead atoms. The van der Waals surface area contributed by atoms with Crippen LogP contribution in [0, 0.1) is 0 Å². The highest BCUT2D eigenvalue weighted by molar-refractivity contribution is 7.89. The monoisotopic (exact) mass is 396 g/mol. The smallest absolute Gasteiger partial charge is 0.243 e. The van der Waals surface area contributed by atoms with Gasteiger partial charge in [-0.25, -0.2) is 13.4 Å². The van der Waals surface area contributed by atoms with Crippen molar-refractivity contribution in [3.8, 4) is 0 Å². The summed E-state index contributed by atoms with van der Waals surface area (Å²) in [4.78, 5) is 4.88. The van der Waals surface area contributed by atoms with E-state index in [1.165, 1.54) is 4.31 Å². The minimum Gasteiger partial charge on any atom is -0.376 e. The van der Waals surface area contributed by atoms with Crippen molar-refractivity contribution in [2.45, 2.75) is 57.2 Å². The second kappa shape index (κ2) is 10.1. The van der Waals surface area contributed by atoms with E-state index < -0.39 is 10.0 Å². The summed E-state index contributed by atoms with van der Waals surface area (Å²) in [5.74, 6) is 0.740. The lowest BCUT2D eigenvalue weighted by molar-refractivity contribution is 0.114. The molecule has 1 atom stereocenters. The van der Waals surface area contributed by atoms with Crippen LogP contribution >= 0.6 is 0 Å². The van der Waals surface area contributed by atoms with E-state index in [1.807, 2.05) is 32.9 Å². The van der Waals surface area contributed by atoms with Crippen LogP contribution in [0.15, 0.2) is 34.2 Å². The van der Waals surface area contributed by atoms with Gasteiger partial charge in [-0.05, 0) is 51.3 Å². The molecule has 2 rings (SSSR count). The van der Waals surface area contributed by atoms with Crippen LogP contribution in [0.5, 0.6) is 0 Å². The highest BCUT2D eigenvalue weighted by Crippen LogP contribution is 2.17. The first kappa shape index (κ1) is 21.7. The molecule has 1 aromatic rings. The molecule has 1 aliphatic rings. The Morgan fingerprint density at radius 2 is 2.00 bits per heavy atom. The van der Waals surface area contributed by atoms with Crippen LogP contribution in [0.25, 0.3) is 0 Å². The second-order valence-corrected chi connectivity index (χ2v) is 8.97. The summed E-state index contributed by atoms with van der Waals surface area (Å²) in [6.07, 6.45) is 2.44. The molecule has 0 amide bonds. The standard InChI is InChI=1S/C19H32N4O3S/c1-5-20-19(22-14-17-7-6-12-26-17)21-13-16-8-10-18(11-9-16)27(24,25)23(4)15(2)3/h8-11,15,17H,5-7,12-14H2,1-4H3,(H2,20,21,22). The predicted molar refractivity (Wildman–Crippen MR) is 108 cm³/mol. The molecule has 1 saturated heterocycles.